The largest absolute Gasteiger partial charge is 0.573 e. The maximum absolute atomic E-state index is 12.9. The lowest BCUT2D eigenvalue weighted by atomic mass is 9.93. The van der Waals surface area contributed by atoms with Gasteiger partial charge in [-0.2, -0.15) is 0 Å². The van der Waals surface area contributed by atoms with Crippen LogP contribution in [0.5, 0.6) is 5.75 Å². The van der Waals surface area contributed by atoms with Gasteiger partial charge in [-0.15, -0.1) is 13.2 Å². The van der Waals surface area contributed by atoms with Crippen LogP contribution in [0.1, 0.15) is 38.8 Å². The predicted molar refractivity (Wildman–Crippen MR) is 143 cm³/mol. The Bertz CT molecular complexity index is 1420. The van der Waals surface area contributed by atoms with Gasteiger partial charge in [0.1, 0.15) is 18.6 Å². The zero-order valence-corrected chi connectivity index (χ0v) is 23.0. The molecule has 0 spiro atoms. The summed E-state index contributed by atoms with van der Waals surface area (Å²) in [6.07, 6.45) is -1.95. The van der Waals surface area contributed by atoms with Gasteiger partial charge in [-0.05, 0) is 57.0 Å². The number of para-hydroxylation sites is 1. The number of nitrogen functional groups attached to an aromatic ring is 1. The van der Waals surface area contributed by atoms with Crippen LogP contribution in [0.3, 0.4) is 0 Å². The van der Waals surface area contributed by atoms with E-state index < -0.39 is 34.3 Å². The van der Waals surface area contributed by atoms with E-state index in [0.717, 1.165) is 12.1 Å². The number of alkyl halides is 3. The Morgan fingerprint density at radius 3 is 2.45 bits per heavy atom. The number of anilines is 2. The number of amides is 1. The number of rotatable bonds is 9. The van der Waals surface area contributed by atoms with E-state index in [1.807, 2.05) is 0 Å². The van der Waals surface area contributed by atoms with Gasteiger partial charge in [0.25, 0.3) is 10.9 Å². The molecule has 3 aromatic rings. The summed E-state index contributed by atoms with van der Waals surface area (Å²) < 4.78 is 57.3. The standard InChI is InChI=1S/C26H30F3N5O5S/c1-24(2,3)21(35)38-15-25(4,17-8-6-9-18(13-17)39-26(27,28)29)33-40-23(36)32-19-10-5-7-16(20(19)30)14-34-11-12-37-22(34)31/h5-13,31,33H,14-15,30H2,1-4H3,(H,32,36). The van der Waals surface area contributed by atoms with Crippen molar-refractivity contribution in [1.29, 1.82) is 5.41 Å². The molecular weight excluding hydrogens is 551 g/mol. The van der Waals surface area contributed by atoms with Crippen LogP contribution in [0.15, 0.2) is 59.3 Å². The number of nitrogens with two attached hydrogens (primary N) is 1. The van der Waals surface area contributed by atoms with Crippen LogP contribution in [-0.2, 0) is 21.6 Å². The topological polar surface area (TPSA) is 145 Å². The second-order valence-electron chi connectivity index (χ2n) is 10.1. The average molecular weight is 582 g/mol. The number of carbonyl (C=O) groups excluding carboxylic acids is 2. The van der Waals surface area contributed by atoms with Crippen molar-refractivity contribution in [1.82, 2.24) is 9.29 Å². The van der Waals surface area contributed by atoms with Crippen molar-refractivity contribution in [3.8, 4) is 5.75 Å². The van der Waals surface area contributed by atoms with Crippen molar-refractivity contribution >= 4 is 34.5 Å². The molecule has 0 radical (unpaired) electrons. The molecule has 1 aromatic heterocycles. The van der Waals surface area contributed by atoms with Gasteiger partial charge in [0.2, 0.25) is 0 Å². The SMILES string of the molecule is CC(C)(C)C(=O)OCC(C)(NSC(=O)Nc1cccc(Cn2ccoc2=N)c1N)c1cccc(OC(F)(F)F)c1. The molecular formula is C26H30F3N5O5S. The van der Waals surface area contributed by atoms with E-state index in [9.17, 15) is 22.8 Å². The lowest BCUT2D eigenvalue weighted by Gasteiger charge is -2.31. The fourth-order valence-electron chi connectivity index (χ4n) is 3.40. The van der Waals surface area contributed by atoms with E-state index in [4.69, 9.17) is 20.3 Å². The van der Waals surface area contributed by atoms with Crippen LogP contribution in [0.2, 0.25) is 0 Å². The first-order chi connectivity index (χ1) is 18.6. The molecule has 0 aliphatic rings. The van der Waals surface area contributed by atoms with Gasteiger partial charge in [0.05, 0.1) is 28.9 Å². The molecule has 5 N–H and O–H groups in total. The third kappa shape index (κ3) is 8.29. The van der Waals surface area contributed by atoms with Crippen LogP contribution >= 0.6 is 11.9 Å². The highest BCUT2D eigenvalue weighted by molar-refractivity contribution is 8.12. The highest BCUT2D eigenvalue weighted by Gasteiger charge is 2.35. The van der Waals surface area contributed by atoms with Gasteiger partial charge in [-0.25, -0.2) is 4.72 Å². The summed E-state index contributed by atoms with van der Waals surface area (Å²) >= 11 is 0.613. The van der Waals surface area contributed by atoms with E-state index in [2.05, 4.69) is 14.8 Å². The van der Waals surface area contributed by atoms with Crippen molar-refractivity contribution in [2.24, 2.45) is 5.41 Å². The number of ether oxygens (including phenoxy) is 2. The van der Waals surface area contributed by atoms with E-state index in [0.29, 0.717) is 23.2 Å². The summed E-state index contributed by atoms with van der Waals surface area (Å²) in [7, 11) is 0. The first-order valence-electron chi connectivity index (χ1n) is 11.9. The van der Waals surface area contributed by atoms with Gasteiger partial charge < -0.3 is 24.9 Å². The fraction of sp³-hybridized carbons (Fsp3) is 0.346. The predicted octanol–water partition coefficient (Wildman–Crippen LogP) is 5.36. The van der Waals surface area contributed by atoms with Gasteiger partial charge in [-0.3, -0.25) is 19.6 Å². The van der Waals surface area contributed by atoms with Gasteiger partial charge in [0, 0.05) is 18.1 Å². The minimum Gasteiger partial charge on any atom is -0.463 e. The lowest BCUT2D eigenvalue weighted by Crippen LogP contribution is -2.42. The molecule has 216 valence electrons. The molecule has 0 saturated heterocycles. The van der Waals surface area contributed by atoms with Crippen LogP contribution in [0.4, 0.5) is 29.3 Å². The highest BCUT2D eigenvalue weighted by atomic mass is 32.2. The average Bonchev–Trinajstić information content (AvgIpc) is 3.26. The van der Waals surface area contributed by atoms with E-state index in [1.165, 1.54) is 23.0 Å². The Morgan fingerprint density at radius 1 is 1.12 bits per heavy atom. The molecule has 1 atom stereocenters. The summed E-state index contributed by atoms with van der Waals surface area (Å²) in [5.74, 6) is -1.00. The van der Waals surface area contributed by atoms with Crippen LogP contribution < -0.4 is 26.2 Å². The number of hydrogen-bond donors (Lipinski definition) is 4. The number of halogens is 3. The molecule has 0 aliphatic carbocycles. The number of nitrogens with zero attached hydrogens (tertiary/aromatic N) is 1. The second-order valence-corrected chi connectivity index (χ2v) is 10.8. The molecule has 14 heteroatoms. The number of nitrogens with one attached hydrogen (secondary N) is 3. The summed E-state index contributed by atoms with van der Waals surface area (Å²) in [5.41, 5.74) is 5.56. The van der Waals surface area contributed by atoms with Crippen molar-refractivity contribution in [2.75, 3.05) is 17.7 Å². The first-order valence-corrected chi connectivity index (χ1v) is 12.7. The minimum absolute atomic E-state index is 0.0651. The van der Waals surface area contributed by atoms with Crippen LogP contribution in [0, 0.1) is 10.8 Å². The molecule has 2 aromatic carbocycles. The smallest absolute Gasteiger partial charge is 0.463 e. The second kappa shape index (κ2) is 12.1. The summed E-state index contributed by atoms with van der Waals surface area (Å²) in [6.45, 7) is 6.50. The van der Waals surface area contributed by atoms with E-state index >= 15 is 0 Å². The molecule has 0 saturated carbocycles. The third-order valence-electron chi connectivity index (χ3n) is 5.63. The van der Waals surface area contributed by atoms with Crippen LogP contribution in [-0.4, -0.2) is 28.7 Å². The lowest BCUT2D eigenvalue weighted by molar-refractivity contribution is -0.274. The maximum atomic E-state index is 12.9. The number of aromatic nitrogens is 1. The monoisotopic (exact) mass is 581 g/mol. The minimum atomic E-state index is -4.90. The molecule has 0 fully saturated rings. The molecule has 1 heterocycles. The van der Waals surface area contributed by atoms with Gasteiger partial charge >= 0.3 is 12.3 Å². The number of carbonyl (C=O) groups is 2. The quantitative estimate of drug-likeness (QED) is 0.150. The Morgan fingerprint density at radius 2 is 1.82 bits per heavy atom. The summed E-state index contributed by atoms with van der Waals surface area (Å²) in [4.78, 5) is 25.3. The van der Waals surface area contributed by atoms with Gasteiger partial charge in [-0.1, -0.05) is 24.3 Å². The first kappa shape index (κ1) is 30.6. The Labute approximate surface area is 232 Å². The molecule has 10 nitrogen and oxygen atoms in total. The van der Waals surface area contributed by atoms with Crippen molar-refractivity contribution in [3.63, 3.8) is 0 Å². The number of oxazole rings is 1. The van der Waals surface area contributed by atoms with Crippen molar-refractivity contribution < 1.29 is 36.7 Å². The molecule has 1 amide bonds. The number of esters is 1. The molecule has 40 heavy (non-hydrogen) atoms. The third-order valence-corrected chi connectivity index (χ3v) is 6.47. The molecule has 0 bridgehead atoms. The van der Waals surface area contributed by atoms with Crippen molar-refractivity contribution in [3.05, 3.63) is 71.7 Å². The normalized spacial score (nSPS) is 13.4. The van der Waals surface area contributed by atoms with E-state index in [-0.39, 0.29) is 30.1 Å². The molecule has 0 aliphatic heterocycles. The Kier molecular flexibility index (Phi) is 9.25. The summed E-state index contributed by atoms with van der Waals surface area (Å²) in [6, 6.07) is 10.2. The van der Waals surface area contributed by atoms with Gasteiger partial charge in [0.15, 0.2) is 0 Å². The highest BCUT2D eigenvalue weighted by Crippen LogP contribution is 2.31. The Balaban J connectivity index is 1.78. The van der Waals surface area contributed by atoms with Crippen molar-refractivity contribution in [2.45, 2.75) is 46.1 Å². The van der Waals surface area contributed by atoms with E-state index in [1.54, 1.807) is 52.1 Å². The zero-order chi connectivity index (χ0) is 29.7. The summed E-state index contributed by atoms with van der Waals surface area (Å²) in [5, 5.41) is 9.84. The molecule has 3 rings (SSSR count). The number of hydrogen-bond acceptors (Lipinski definition) is 9. The fourth-order valence-corrected chi connectivity index (χ4v) is 4.06. The molecule has 1 unspecified atom stereocenters. The Hall–Kier alpha value is -3.91. The number of benzene rings is 2. The maximum Gasteiger partial charge on any atom is 0.573 e. The zero-order valence-electron chi connectivity index (χ0n) is 22.2. The van der Waals surface area contributed by atoms with Crippen LogP contribution in [0.25, 0.3) is 0 Å².